The molecule has 7 nitrogen and oxygen atoms in total. The van der Waals surface area contributed by atoms with Crippen molar-refractivity contribution in [3.63, 3.8) is 0 Å². The van der Waals surface area contributed by atoms with Crippen molar-refractivity contribution in [2.45, 2.75) is 29.9 Å². The van der Waals surface area contributed by atoms with Crippen molar-refractivity contribution in [1.82, 2.24) is 9.78 Å². The van der Waals surface area contributed by atoms with Crippen LogP contribution in [0.25, 0.3) is 0 Å². The van der Waals surface area contributed by atoms with Crippen LogP contribution in [-0.2, 0) is 16.6 Å². The van der Waals surface area contributed by atoms with E-state index in [-0.39, 0.29) is 5.02 Å². The highest BCUT2D eigenvalue weighted by Gasteiger charge is 2.20. The number of aryl methyl sites for hydroxylation is 2. The van der Waals surface area contributed by atoms with E-state index in [4.69, 9.17) is 33.1 Å². The number of halogens is 2. The Balaban J connectivity index is 2.39. The number of methoxy groups -OCH3 is 1. The van der Waals surface area contributed by atoms with Gasteiger partial charge in [0, 0.05) is 11.9 Å². The van der Waals surface area contributed by atoms with E-state index in [1.165, 1.54) is 31.2 Å². The quantitative estimate of drug-likeness (QED) is 0.331. The fraction of sp³-hybridized carbons (Fsp3) is 0.312. The monoisotopic (exact) mass is 417 g/mol. The van der Waals surface area contributed by atoms with E-state index in [9.17, 15) is 4.79 Å². The number of hydrogen-bond acceptors (Lipinski definition) is 7. The zero-order chi connectivity index (χ0) is 19.4. The molecule has 0 radical (unpaired) electrons. The molecular formula is C16H17Cl2N3O4S. The Morgan fingerprint density at radius 3 is 2.73 bits per heavy atom. The van der Waals surface area contributed by atoms with Crippen LogP contribution in [0.1, 0.15) is 18.2 Å². The molecule has 140 valence electrons. The van der Waals surface area contributed by atoms with E-state index in [1.54, 1.807) is 31.6 Å². The van der Waals surface area contributed by atoms with Crippen molar-refractivity contribution in [3.8, 4) is 5.75 Å². The lowest BCUT2D eigenvalue weighted by Gasteiger charge is -2.15. The molecule has 26 heavy (non-hydrogen) atoms. The molecule has 1 aromatic heterocycles. The summed E-state index contributed by atoms with van der Waals surface area (Å²) in [7, 11) is 3.05. The highest BCUT2D eigenvalue weighted by atomic mass is 35.5. The Morgan fingerprint density at radius 2 is 2.12 bits per heavy atom. The number of carbonyl (C=O) groups excluding carboxylic acids is 1. The van der Waals surface area contributed by atoms with E-state index in [0.29, 0.717) is 26.9 Å². The van der Waals surface area contributed by atoms with Gasteiger partial charge in [-0.3, -0.25) is 4.68 Å². The summed E-state index contributed by atoms with van der Waals surface area (Å²) >= 11 is 13.8. The maximum absolute atomic E-state index is 11.6. The van der Waals surface area contributed by atoms with Gasteiger partial charge in [-0.15, -0.1) is 0 Å². The Hall–Kier alpha value is -1.90. The van der Waals surface area contributed by atoms with Gasteiger partial charge in [0.05, 0.1) is 34.6 Å². The molecular weight excluding hydrogens is 401 g/mol. The minimum atomic E-state index is -0.826. The second kappa shape index (κ2) is 8.66. The Labute approximate surface area is 164 Å². The van der Waals surface area contributed by atoms with E-state index in [0.717, 1.165) is 5.03 Å². The molecule has 0 amide bonds. The second-order valence-corrected chi connectivity index (χ2v) is 7.12. The van der Waals surface area contributed by atoms with Crippen molar-refractivity contribution >= 4 is 47.1 Å². The third kappa shape index (κ3) is 4.44. The zero-order valence-electron chi connectivity index (χ0n) is 14.5. The van der Waals surface area contributed by atoms with Crippen LogP contribution in [0.15, 0.2) is 27.2 Å². The van der Waals surface area contributed by atoms with E-state index >= 15 is 0 Å². The van der Waals surface area contributed by atoms with Crippen LogP contribution >= 0.6 is 35.0 Å². The van der Waals surface area contributed by atoms with Crippen molar-refractivity contribution in [1.29, 1.82) is 0 Å². The lowest BCUT2D eigenvalue weighted by molar-refractivity contribution is -0.147. The Morgan fingerprint density at radius 1 is 1.42 bits per heavy atom. The lowest BCUT2D eigenvalue weighted by atomic mass is 10.3. The number of hydrogen-bond donors (Lipinski definition) is 1. The third-order valence-corrected chi connectivity index (χ3v) is 5.39. The number of nitrogens with zero attached hydrogens (tertiary/aromatic N) is 3. The third-order valence-electron chi connectivity index (χ3n) is 3.43. The van der Waals surface area contributed by atoms with Gasteiger partial charge in [0.25, 0.3) is 0 Å². The first-order valence-corrected chi connectivity index (χ1v) is 8.98. The predicted molar refractivity (Wildman–Crippen MR) is 100 cm³/mol. The fourth-order valence-corrected chi connectivity index (χ4v) is 3.73. The largest absolute Gasteiger partial charge is 0.477 e. The lowest BCUT2D eigenvalue weighted by Crippen LogP contribution is -2.25. The minimum absolute atomic E-state index is 0.272. The van der Waals surface area contributed by atoms with Gasteiger partial charge in [-0.25, -0.2) is 4.79 Å². The number of rotatable bonds is 6. The minimum Gasteiger partial charge on any atom is -0.477 e. The molecule has 0 aliphatic rings. The zero-order valence-corrected chi connectivity index (χ0v) is 16.8. The molecule has 1 aromatic carbocycles. The summed E-state index contributed by atoms with van der Waals surface area (Å²) < 4.78 is 11.9. The summed E-state index contributed by atoms with van der Waals surface area (Å²) in [4.78, 5) is 12.2. The van der Waals surface area contributed by atoms with Crippen LogP contribution in [0.2, 0.25) is 10.0 Å². The summed E-state index contributed by atoms with van der Waals surface area (Å²) in [6, 6.07) is 3.17. The highest BCUT2D eigenvalue weighted by molar-refractivity contribution is 7.99. The van der Waals surface area contributed by atoms with Gasteiger partial charge in [0.1, 0.15) is 10.8 Å². The molecule has 1 heterocycles. The Kier molecular flexibility index (Phi) is 6.80. The van der Waals surface area contributed by atoms with E-state index in [2.05, 4.69) is 15.0 Å². The topological polar surface area (TPSA) is 85.9 Å². The van der Waals surface area contributed by atoms with Crippen LogP contribution in [0, 0.1) is 6.92 Å². The van der Waals surface area contributed by atoms with Crippen LogP contribution in [0.4, 0.5) is 0 Å². The average Bonchev–Trinajstić information content (AvgIpc) is 2.85. The van der Waals surface area contributed by atoms with Crippen molar-refractivity contribution in [2.75, 3.05) is 7.11 Å². The summed E-state index contributed by atoms with van der Waals surface area (Å²) in [6.45, 7) is 3.36. The first-order chi connectivity index (χ1) is 12.3. The molecule has 0 aliphatic heterocycles. The van der Waals surface area contributed by atoms with Gasteiger partial charge in [0.2, 0.25) is 0 Å². The van der Waals surface area contributed by atoms with Crippen LogP contribution in [-0.4, -0.2) is 40.4 Å². The molecule has 1 N–H and O–H groups in total. The number of esters is 1. The molecule has 1 atom stereocenters. The molecule has 0 spiro atoms. The fourth-order valence-electron chi connectivity index (χ4n) is 2.17. The molecule has 2 rings (SSSR count). The second-order valence-electron chi connectivity index (χ2n) is 5.27. The summed E-state index contributed by atoms with van der Waals surface area (Å²) in [6.07, 6.45) is 0.484. The summed E-state index contributed by atoms with van der Waals surface area (Å²) in [5, 5.41) is 17.7. The number of aromatic nitrogens is 2. The molecule has 10 heteroatoms. The molecule has 0 aliphatic carbocycles. The van der Waals surface area contributed by atoms with Crippen molar-refractivity contribution < 1.29 is 19.5 Å². The van der Waals surface area contributed by atoms with Crippen molar-refractivity contribution in [2.24, 2.45) is 12.2 Å². The van der Waals surface area contributed by atoms with Gasteiger partial charge in [0.15, 0.2) is 6.10 Å². The normalized spacial score (nSPS) is 12.4. The van der Waals surface area contributed by atoms with Gasteiger partial charge in [-0.05, 0) is 26.0 Å². The van der Waals surface area contributed by atoms with Crippen LogP contribution < -0.4 is 4.74 Å². The van der Waals surface area contributed by atoms with Gasteiger partial charge < -0.3 is 14.7 Å². The molecule has 0 saturated carbocycles. The smallest absolute Gasteiger partial charge is 0.346 e. The number of benzene rings is 1. The van der Waals surface area contributed by atoms with E-state index < -0.39 is 12.1 Å². The first-order valence-electron chi connectivity index (χ1n) is 7.40. The summed E-state index contributed by atoms with van der Waals surface area (Å²) in [5.41, 5.74) is 1.37. The predicted octanol–water partition coefficient (Wildman–Crippen LogP) is 3.93. The SMILES string of the molecule is COC(=O)[C@H](C)Oc1cc(Sc2c(/C=N\O)c(C)nn2C)c(Cl)cc1Cl. The molecule has 0 saturated heterocycles. The Bertz CT molecular complexity index is 855. The average molecular weight is 418 g/mol. The number of ether oxygens (including phenoxy) is 2. The summed E-state index contributed by atoms with van der Waals surface area (Å²) in [5.74, 6) is -0.221. The number of carbonyl (C=O) groups is 1. The maximum Gasteiger partial charge on any atom is 0.346 e. The molecule has 0 bridgehead atoms. The highest BCUT2D eigenvalue weighted by Crippen LogP contribution is 2.41. The maximum atomic E-state index is 11.6. The standard InChI is InChI=1S/C16H17Cl2N3O4S/c1-8-10(7-19-23)15(21(3)20-8)26-14-6-13(11(17)5-12(14)18)25-9(2)16(22)24-4/h5-7,9,23H,1-4H3/b19-7-/t9-/m0/s1. The van der Waals surface area contributed by atoms with Gasteiger partial charge >= 0.3 is 5.97 Å². The first kappa shape index (κ1) is 20.4. The molecule has 2 aromatic rings. The van der Waals surface area contributed by atoms with Crippen LogP contribution in [0.3, 0.4) is 0 Å². The van der Waals surface area contributed by atoms with Crippen LogP contribution in [0.5, 0.6) is 5.75 Å². The van der Waals surface area contributed by atoms with Gasteiger partial charge in [-0.1, -0.05) is 40.1 Å². The molecule has 0 unspecified atom stereocenters. The molecule has 0 fully saturated rings. The van der Waals surface area contributed by atoms with Gasteiger partial charge in [-0.2, -0.15) is 5.10 Å². The van der Waals surface area contributed by atoms with E-state index in [1.807, 2.05) is 0 Å². The number of oxime groups is 1. The van der Waals surface area contributed by atoms with Crippen molar-refractivity contribution in [3.05, 3.63) is 33.4 Å².